The lowest BCUT2D eigenvalue weighted by Crippen LogP contribution is -2.04. The van der Waals surface area contributed by atoms with Crippen LogP contribution < -0.4 is 5.32 Å². The molecule has 0 aliphatic heterocycles. The topological polar surface area (TPSA) is 24.9 Å². The van der Waals surface area contributed by atoms with Gasteiger partial charge in [0.25, 0.3) is 0 Å². The summed E-state index contributed by atoms with van der Waals surface area (Å²) in [5.74, 6) is 2.30. The molecule has 0 saturated carbocycles. The Labute approximate surface area is 117 Å². The fourth-order valence-corrected chi connectivity index (χ4v) is 2.60. The van der Waals surface area contributed by atoms with Crippen LogP contribution in [0.5, 0.6) is 0 Å². The first-order chi connectivity index (χ1) is 8.24. The number of nitrogens with one attached hydrogen (secondary N) is 1. The van der Waals surface area contributed by atoms with E-state index < -0.39 is 0 Å². The smallest absolute Gasteiger partial charge is 0.128 e. The fraction of sp³-hybridized carbons (Fsp3) is 0.615. The number of hydrogen-bond donors (Lipinski definition) is 1. The largest absolute Gasteiger partial charge is 0.370 e. The summed E-state index contributed by atoms with van der Waals surface area (Å²) < 4.78 is 1.04. The SMILES string of the molecule is CSCCCCCCNc1ncc(Br)cc1C. The molecule has 0 radical (unpaired) electrons. The molecule has 1 rings (SSSR count). The third-order valence-electron chi connectivity index (χ3n) is 2.61. The molecule has 0 atom stereocenters. The van der Waals surface area contributed by atoms with Crippen molar-refractivity contribution < 1.29 is 0 Å². The zero-order valence-electron chi connectivity index (χ0n) is 10.6. The molecular weight excluding hydrogens is 296 g/mol. The van der Waals surface area contributed by atoms with Crippen molar-refractivity contribution in [3.63, 3.8) is 0 Å². The summed E-state index contributed by atoms with van der Waals surface area (Å²) in [7, 11) is 0. The lowest BCUT2D eigenvalue weighted by atomic mass is 10.2. The van der Waals surface area contributed by atoms with Gasteiger partial charge in [0.1, 0.15) is 5.82 Å². The minimum atomic E-state index is 1.01. The van der Waals surface area contributed by atoms with Gasteiger partial charge < -0.3 is 5.32 Å². The molecule has 0 fully saturated rings. The highest BCUT2D eigenvalue weighted by Crippen LogP contribution is 2.16. The molecule has 0 amide bonds. The van der Waals surface area contributed by atoms with Crippen molar-refractivity contribution >= 4 is 33.5 Å². The predicted molar refractivity (Wildman–Crippen MR) is 82.0 cm³/mol. The molecular formula is C13H21BrN2S. The van der Waals surface area contributed by atoms with Crippen molar-refractivity contribution in [3.05, 3.63) is 22.3 Å². The van der Waals surface area contributed by atoms with E-state index in [0.717, 1.165) is 16.8 Å². The van der Waals surface area contributed by atoms with Gasteiger partial charge >= 0.3 is 0 Å². The zero-order valence-corrected chi connectivity index (χ0v) is 13.0. The Morgan fingerprint density at radius 3 is 2.76 bits per heavy atom. The summed E-state index contributed by atoms with van der Waals surface area (Å²) in [6.07, 6.45) is 9.23. The van der Waals surface area contributed by atoms with Gasteiger partial charge in [0.2, 0.25) is 0 Å². The van der Waals surface area contributed by atoms with Gasteiger partial charge in [-0.15, -0.1) is 0 Å². The lowest BCUT2D eigenvalue weighted by molar-refractivity contribution is 0.688. The molecule has 2 nitrogen and oxygen atoms in total. The number of thioether (sulfide) groups is 1. The first kappa shape index (κ1) is 14.8. The van der Waals surface area contributed by atoms with Crippen LogP contribution in [0.15, 0.2) is 16.7 Å². The number of aromatic nitrogens is 1. The van der Waals surface area contributed by atoms with Crippen LogP contribution in [-0.4, -0.2) is 23.5 Å². The second kappa shape index (κ2) is 8.81. The third-order valence-corrected chi connectivity index (χ3v) is 3.74. The van der Waals surface area contributed by atoms with Crippen molar-refractivity contribution in [3.8, 4) is 0 Å². The summed E-state index contributed by atoms with van der Waals surface area (Å²) in [6.45, 7) is 3.10. The maximum absolute atomic E-state index is 4.36. The van der Waals surface area contributed by atoms with Crippen LogP contribution in [0.25, 0.3) is 0 Å². The van der Waals surface area contributed by atoms with Gasteiger partial charge in [-0.3, -0.25) is 0 Å². The molecule has 0 bridgehead atoms. The van der Waals surface area contributed by atoms with Gasteiger partial charge in [0, 0.05) is 17.2 Å². The second-order valence-electron chi connectivity index (χ2n) is 4.15. The Bertz CT molecular complexity index is 331. The average Bonchev–Trinajstić information content (AvgIpc) is 2.30. The van der Waals surface area contributed by atoms with Crippen molar-refractivity contribution in [2.75, 3.05) is 23.9 Å². The van der Waals surface area contributed by atoms with E-state index in [0.29, 0.717) is 0 Å². The van der Waals surface area contributed by atoms with Crippen molar-refractivity contribution in [1.29, 1.82) is 0 Å². The highest BCUT2D eigenvalue weighted by Gasteiger charge is 1.99. The van der Waals surface area contributed by atoms with E-state index in [9.17, 15) is 0 Å². The fourth-order valence-electron chi connectivity index (χ4n) is 1.66. The molecule has 1 N–H and O–H groups in total. The quantitative estimate of drug-likeness (QED) is 0.715. The third kappa shape index (κ3) is 6.32. The van der Waals surface area contributed by atoms with Crippen LogP contribution >= 0.6 is 27.7 Å². The molecule has 96 valence electrons. The maximum Gasteiger partial charge on any atom is 0.128 e. The van der Waals surface area contributed by atoms with Gasteiger partial charge in [0.15, 0.2) is 0 Å². The summed E-state index contributed by atoms with van der Waals surface area (Å²) >= 11 is 5.36. The van der Waals surface area contributed by atoms with Crippen LogP contribution in [0.1, 0.15) is 31.2 Å². The Kier molecular flexibility index (Phi) is 7.69. The average molecular weight is 317 g/mol. The standard InChI is InChI=1S/C13H21BrN2S/c1-11-9-12(14)10-16-13(11)15-7-5-3-4-6-8-17-2/h9-10H,3-8H2,1-2H3,(H,15,16). The van der Waals surface area contributed by atoms with E-state index in [1.54, 1.807) is 0 Å². The molecule has 4 heteroatoms. The van der Waals surface area contributed by atoms with E-state index in [4.69, 9.17) is 0 Å². The van der Waals surface area contributed by atoms with Gasteiger partial charge in [-0.25, -0.2) is 4.98 Å². The molecule has 1 aromatic heterocycles. The molecule has 0 aliphatic carbocycles. The number of anilines is 1. The Morgan fingerprint density at radius 1 is 1.29 bits per heavy atom. The first-order valence-electron chi connectivity index (χ1n) is 6.09. The highest BCUT2D eigenvalue weighted by atomic mass is 79.9. The van der Waals surface area contributed by atoms with E-state index in [2.05, 4.69) is 45.5 Å². The van der Waals surface area contributed by atoms with Gasteiger partial charge in [-0.05, 0) is 59.3 Å². The molecule has 17 heavy (non-hydrogen) atoms. The van der Waals surface area contributed by atoms with E-state index in [-0.39, 0.29) is 0 Å². The number of hydrogen-bond acceptors (Lipinski definition) is 3. The van der Waals surface area contributed by atoms with Crippen molar-refractivity contribution in [2.45, 2.75) is 32.6 Å². The molecule has 1 heterocycles. The number of rotatable bonds is 8. The zero-order chi connectivity index (χ0) is 12.5. The van der Waals surface area contributed by atoms with Crippen molar-refractivity contribution in [1.82, 2.24) is 4.98 Å². The predicted octanol–water partition coefficient (Wildman–Crippen LogP) is 4.49. The summed E-state index contributed by atoms with van der Waals surface area (Å²) in [4.78, 5) is 4.36. The van der Waals surface area contributed by atoms with E-state index in [1.807, 2.05) is 18.0 Å². The molecule has 1 aromatic rings. The molecule has 0 spiro atoms. The van der Waals surface area contributed by atoms with Crippen LogP contribution in [0.4, 0.5) is 5.82 Å². The van der Waals surface area contributed by atoms with Gasteiger partial charge in [0.05, 0.1) is 0 Å². The van der Waals surface area contributed by atoms with Crippen LogP contribution in [0, 0.1) is 6.92 Å². The van der Waals surface area contributed by atoms with Crippen molar-refractivity contribution in [2.24, 2.45) is 0 Å². The summed E-state index contributed by atoms with van der Waals surface area (Å²) in [5, 5.41) is 3.39. The Hall–Kier alpha value is -0.220. The molecule has 0 aliphatic rings. The Balaban J connectivity index is 2.14. The minimum Gasteiger partial charge on any atom is -0.370 e. The van der Waals surface area contributed by atoms with Gasteiger partial charge in [-0.2, -0.15) is 11.8 Å². The van der Waals surface area contributed by atoms with Gasteiger partial charge in [-0.1, -0.05) is 12.8 Å². The second-order valence-corrected chi connectivity index (χ2v) is 6.05. The number of aryl methyl sites for hydroxylation is 1. The van der Waals surface area contributed by atoms with E-state index >= 15 is 0 Å². The monoisotopic (exact) mass is 316 g/mol. The minimum absolute atomic E-state index is 1.01. The van der Waals surface area contributed by atoms with Crippen LogP contribution in [-0.2, 0) is 0 Å². The molecule has 0 saturated heterocycles. The van der Waals surface area contributed by atoms with Crippen LogP contribution in [0.3, 0.4) is 0 Å². The molecule has 0 aromatic carbocycles. The summed E-state index contributed by atoms with van der Waals surface area (Å²) in [5.41, 5.74) is 1.20. The maximum atomic E-state index is 4.36. The normalized spacial score (nSPS) is 10.5. The first-order valence-corrected chi connectivity index (χ1v) is 8.27. The molecule has 0 unspecified atom stereocenters. The van der Waals surface area contributed by atoms with Crippen LogP contribution in [0.2, 0.25) is 0 Å². The number of nitrogens with zero attached hydrogens (tertiary/aromatic N) is 1. The number of pyridine rings is 1. The van der Waals surface area contributed by atoms with E-state index in [1.165, 1.54) is 37.0 Å². The summed E-state index contributed by atoms with van der Waals surface area (Å²) in [6, 6.07) is 2.09. The number of halogens is 1. The number of unbranched alkanes of at least 4 members (excludes halogenated alkanes) is 3. The Morgan fingerprint density at radius 2 is 2.06 bits per heavy atom. The highest BCUT2D eigenvalue weighted by molar-refractivity contribution is 9.10. The lowest BCUT2D eigenvalue weighted by Gasteiger charge is -2.08.